The summed E-state index contributed by atoms with van der Waals surface area (Å²) in [5.74, 6) is -0.110. The summed E-state index contributed by atoms with van der Waals surface area (Å²) < 4.78 is 0. The van der Waals surface area contributed by atoms with Crippen molar-refractivity contribution < 1.29 is 4.79 Å². The molecule has 25 heavy (non-hydrogen) atoms. The van der Waals surface area contributed by atoms with Gasteiger partial charge in [-0.2, -0.15) is 0 Å². The van der Waals surface area contributed by atoms with Crippen molar-refractivity contribution in [1.29, 1.82) is 0 Å². The second-order valence-corrected chi connectivity index (χ2v) is 7.19. The fourth-order valence-corrected chi connectivity index (χ4v) is 3.08. The zero-order chi connectivity index (χ0) is 17.8. The third-order valence-corrected chi connectivity index (χ3v) is 4.71. The van der Waals surface area contributed by atoms with E-state index in [0.717, 1.165) is 27.6 Å². The van der Waals surface area contributed by atoms with Crippen molar-refractivity contribution in [1.82, 2.24) is 4.98 Å². The van der Waals surface area contributed by atoms with Crippen LogP contribution in [0.25, 0.3) is 11.3 Å². The van der Waals surface area contributed by atoms with Crippen molar-refractivity contribution in [3.8, 4) is 11.3 Å². The summed E-state index contributed by atoms with van der Waals surface area (Å²) >= 11 is 7.48. The average Bonchev–Trinajstić information content (AvgIpc) is 3.04. The zero-order valence-corrected chi connectivity index (χ0v) is 15.5. The molecule has 0 bridgehead atoms. The molecule has 6 heteroatoms. The maximum Gasteiger partial charge on any atom is 0.246 e. The Kier molecular flexibility index (Phi) is 5.36. The number of halogens is 1. The van der Waals surface area contributed by atoms with Gasteiger partial charge in [0.05, 0.1) is 10.7 Å². The number of hydrogen-bond donors (Lipinski definition) is 2. The van der Waals surface area contributed by atoms with Crippen LogP contribution in [0.2, 0.25) is 5.02 Å². The molecule has 2 aromatic carbocycles. The Morgan fingerprint density at radius 3 is 2.32 bits per heavy atom. The van der Waals surface area contributed by atoms with E-state index >= 15 is 0 Å². The molecule has 0 aliphatic rings. The molecule has 1 heterocycles. The number of aromatic nitrogens is 1. The molecule has 1 aromatic heterocycles. The monoisotopic (exact) mass is 371 g/mol. The number of carbonyl (C=O) groups is 1. The van der Waals surface area contributed by atoms with Crippen molar-refractivity contribution in [2.24, 2.45) is 0 Å². The lowest BCUT2D eigenvalue weighted by molar-refractivity contribution is -0.116. The lowest BCUT2D eigenvalue weighted by Crippen LogP contribution is -2.31. The molecule has 0 aliphatic heterocycles. The molecule has 4 nitrogen and oxygen atoms in total. The lowest BCUT2D eigenvalue weighted by Gasteiger charge is -2.15. The Labute approximate surface area is 155 Å². The molecule has 0 saturated carbocycles. The van der Waals surface area contributed by atoms with Crippen LogP contribution in [0, 0.1) is 6.92 Å². The maximum atomic E-state index is 12.3. The van der Waals surface area contributed by atoms with Crippen LogP contribution in [0.5, 0.6) is 0 Å². The largest absolute Gasteiger partial charge is 0.374 e. The van der Waals surface area contributed by atoms with Crippen LogP contribution < -0.4 is 10.6 Å². The molecule has 3 aromatic rings. The third kappa shape index (κ3) is 4.59. The van der Waals surface area contributed by atoms with Crippen LogP contribution in [0.1, 0.15) is 11.9 Å². The standard InChI is InChI=1S/C19H18ClN3OS/c1-12(19(24)23-17-9-5-15(20)6-10-17)21-16-7-3-14(4-8-16)18-11-25-13(2)22-18/h3-12,21H,1-2H3,(H,23,24). The van der Waals surface area contributed by atoms with E-state index < -0.39 is 0 Å². The highest BCUT2D eigenvalue weighted by atomic mass is 35.5. The SMILES string of the molecule is Cc1nc(-c2ccc(NC(C)C(=O)Nc3ccc(Cl)cc3)cc2)cs1. The minimum atomic E-state index is -0.372. The van der Waals surface area contributed by atoms with Gasteiger partial charge in [0.15, 0.2) is 0 Å². The smallest absolute Gasteiger partial charge is 0.246 e. The molecular weight excluding hydrogens is 354 g/mol. The van der Waals surface area contributed by atoms with Crippen molar-refractivity contribution in [2.75, 3.05) is 10.6 Å². The molecule has 0 aliphatic carbocycles. The van der Waals surface area contributed by atoms with Crippen LogP contribution in [-0.2, 0) is 4.79 Å². The molecule has 0 saturated heterocycles. The first-order chi connectivity index (χ1) is 12.0. The van der Waals surface area contributed by atoms with Gasteiger partial charge in [-0.25, -0.2) is 4.98 Å². The molecule has 1 amide bonds. The summed E-state index contributed by atoms with van der Waals surface area (Å²) in [6.07, 6.45) is 0. The number of amides is 1. The van der Waals surface area contributed by atoms with E-state index in [1.165, 1.54) is 0 Å². The highest BCUT2D eigenvalue weighted by molar-refractivity contribution is 7.09. The quantitative estimate of drug-likeness (QED) is 0.647. The Balaban J connectivity index is 1.61. The maximum absolute atomic E-state index is 12.3. The van der Waals surface area contributed by atoms with E-state index in [0.29, 0.717) is 5.02 Å². The van der Waals surface area contributed by atoms with E-state index in [4.69, 9.17) is 11.6 Å². The summed E-state index contributed by atoms with van der Waals surface area (Å²) in [7, 11) is 0. The number of carbonyl (C=O) groups excluding carboxylic acids is 1. The van der Waals surface area contributed by atoms with Gasteiger partial charge in [-0.3, -0.25) is 4.79 Å². The summed E-state index contributed by atoms with van der Waals surface area (Å²) in [4.78, 5) is 16.8. The van der Waals surface area contributed by atoms with Crippen LogP contribution >= 0.6 is 22.9 Å². The number of nitrogens with one attached hydrogen (secondary N) is 2. The highest BCUT2D eigenvalue weighted by Gasteiger charge is 2.13. The van der Waals surface area contributed by atoms with Gasteiger partial charge >= 0.3 is 0 Å². The molecular formula is C19H18ClN3OS. The zero-order valence-electron chi connectivity index (χ0n) is 13.9. The van der Waals surface area contributed by atoms with Gasteiger partial charge in [-0.1, -0.05) is 23.7 Å². The van der Waals surface area contributed by atoms with Gasteiger partial charge in [0.1, 0.15) is 6.04 Å². The lowest BCUT2D eigenvalue weighted by atomic mass is 10.1. The van der Waals surface area contributed by atoms with E-state index in [1.807, 2.05) is 43.5 Å². The number of thiazole rings is 1. The predicted octanol–water partition coefficient (Wildman–Crippen LogP) is 5.21. The average molecular weight is 372 g/mol. The number of anilines is 2. The van der Waals surface area contributed by atoms with Crippen molar-refractivity contribution in [2.45, 2.75) is 19.9 Å². The van der Waals surface area contributed by atoms with E-state index in [1.54, 1.807) is 35.6 Å². The number of rotatable bonds is 5. The van der Waals surface area contributed by atoms with Crippen LogP contribution in [0.15, 0.2) is 53.9 Å². The summed E-state index contributed by atoms with van der Waals surface area (Å²) in [6.45, 7) is 3.81. The minimum absolute atomic E-state index is 0.110. The molecule has 0 radical (unpaired) electrons. The van der Waals surface area contributed by atoms with Gasteiger partial charge in [-0.05, 0) is 50.2 Å². The molecule has 2 N–H and O–H groups in total. The van der Waals surface area contributed by atoms with Crippen LogP contribution in [0.3, 0.4) is 0 Å². The Morgan fingerprint density at radius 1 is 1.08 bits per heavy atom. The summed E-state index contributed by atoms with van der Waals surface area (Å²) in [6, 6.07) is 14.6. The van der Waals surface area contributed by atoms with Crippen LogP contribution in [-0.4, -0.2) is 16.9 Å². The molecule has 1 atom stereocenters. The molecule has 1 unspecified atom stereocenters. The minimum Gasteiger partial charge on any atom is -0.374 e. The normalized spacial score (nSPS) is 11.8. The van der Waals surface area contributed by atoms with Gasteiger partial charge in [0.25, 0.3) is 0 Å². The van der Waals surface area contributed by atoms with Crippen molar-refractivity contribution in [3.05, 3.63) is 63.9 Å². The number of benzene rings is 2. The number of nitrogens with zero attached hydrogens (tertiary/aromatic N) is 1. The Bertz CT molecular complexity index is 859. The van der Waals surface area contributed by atoms with Gasteiger partial charge < -0.3 is 10.6 Å². The van der Waals surface area contributed by atoms with Gasteiger partial charge in [0, 0.05) is 27.3 Å². The van der Waals surface area contributed by atoms with E-state index in [2.05, 4.69) is 15.6 Å². The van der Waals surface area contributed by atoms with E-state index in [-0.39, 0.29) is 11.9 Å². The second-order valence-electron chi connectivity index (χ2n) is 5.69. The number of hydrogen-bond acceptors (Lipinski definition) is 4. The fourth-order valence-electron chi connectivity index (χ4n) is 2.33. The first kappa shape index (κ1) is 17.5. The summed E-state index contributed by atoms with van der Waals surface area (Å²) in [5.41, 5.74) is 3.64. The second kappa shape index (κ2) is 7.68. The van der Waals surface area contributed by atoms with E-state index in [9.17, 15) is 4.79 Å². The summed E-state index contributed by atoms with van der Waals surface area (Å²) in [5, 5.41) is 9.79. The first-order valence-electron chi connectivity index (χ1n) is 7.87. The first-order valence-corrected chi connectivity index (χ1v) is 9.12. The predicted molar refractivity (Wildman–Crippen MR) is 105 cm³/mol. The van der Waals surface area contributed by atoms with Gasteiger partial charge in [0.2, 0.25) is 5.91 Å². The number of aryl methyl sites for hydroxylation is 1. The fraction of sp³-hybridized carbons (Fsp3) is 0.158. The molecule has 128 valence electrons. The topological polar surface area (TPSA) is 54.0 Å². The third-order valence-electron chi connectivity index (χ3n) is 3.69. The molecule has 0 fully saturated rings. The molecule has 0 spiro atoms. The van der Waals surface area contributed by atoms with Crippen LogP contribution in [0.4, 0.5) is 11.4 Å². The van der Waals surface area contributed by atoms with Gasteiger partial charge in [-0.15, -0.1) is 11.3 Å². The Morgan fingerprint density at radius 2 is 1.72 bits per heavy atom. The highest BCUT2D eigenvalue weighted by Crippen LogP contribution is 2.23. The Hall–Kier alpha value is -2.37. The van der Waals surface area contributed by atoms with Crippen molar-refractivity contribution >= 4 is 40.2 Å². The van der Waals surface area contributed by atoms with Crippen molar-refractivity contribution in [3.63, 3.8) is 0 Å². The molecule has 3 rings (SSSR count).